The van der Waals surface area contributed by atoms with Crippen LogP contribution in [0.25, 0.3) is 10.2 Å². The van der Waals surface area contributed by atoms with Gasteiger partial charge in [-0.1, -0.05) is 35.1 Å². The molecule has 146 valence electrons. The van der Waals surface area contributed by atoms with E-state index >= 15 is 0 Å². The molecule has 28 heavy (non-hydrogen) atoms. The number of fused-ring (bicyclic) bond motifs is 1. The smallest absolute Gasteiger partial charge is 0.260 e. The van der Waals surface area contributed by atoms with Gasteiger partial charge in [0.1, 0.15) is 5.75 Å². The van der Waals surface area contributed by atoms with Gasteiger partial charge in [0.05, 0.1) is 10.2 Å². The predicted octanol–water partition coefficient (Wildman–Crippen LogP) is 4.29. The van der Waals surface area contributed by atoms with Crippen LogP contribution in [0.2, 0.25) is 5.02 Å². The van der Waals surface area contributed by atoms with E-state index in [-0.39, 0.29) is 12.5 Å². The highest BCUT2D eigenvalue weighted by Gasteiger charge is 2.23. The topological polar surface area (TPSA) is 45.7 Å². The molecule has 0 bridgehead atoms. The number of hydrogen-bond acceptors (Lipinski definition) is 5. The van der Waals surface area contributed by atoms with Crippen molar-refractivity contribution in [3.63, 3.8) is 0 Å². The van der Waals surface area contributed by atoms with Crippen LogP contribution in [-0.4, -0.2) is 48.6 Å². The third-order valence-electron chi connectivity index (χ3n) is 4.99. The van der Waals surface area contributed by atoms with E-state index in [1.54, 1.807) is 11.3 Å². The summed E-state index contributed by atoms with van der Waals surface area (Å²) >= 11 is 7.89. The molecule has 0 unspecified atom stereocenters. The van der Waals surface area contributed by atoms with Gasteiger partial charge in [0.2, 0.25) is 0 Å². The Balaban J connectivity index is 1.35. The molecule has 1 amide bonds. The summed E-state index contributed by atoms with van der Waals surface area (Å²) in [6.07, 6.45) is 0. The highest BCUT2D eigenvalue weighted by Crippen LogP contribution is 2.33. The summed E-state index contributed by atoms with van der Waals surface area (Å²) in [5.41, 5.74) is 3.10. The van der Waals surface area contributed by atoms with E-state index < -0.39 is 0 Å². The molecule has 0 atom stereocenters. The van der Waals surface area contributed by atoms with Crippen molar-refractivity contribution in [3.8, 4) is 5.75 Å². The Morgan fingerprint density at radius 2 is 1.96 bits per heavy atom. The average Bonchev–Trinajstić information content (AvgIpc) is 3.14. The van der Waals surface area contributed by atoms with Crippen LogP contribution in [0, 0.1) is 13.8 Å². The van der Waals surface area contributed by atoms with Gasteiger partial charge in [-0.25, -0.2) is 4.98 Å². The number of hydrogen-bond donors (Lipinski definition) is 0. The Hall–Kier alpha value is -2.31. The fourth-order valence-corrected chi connectivity index (χ4v) is 4.54. The van der Waals surface area contributed by atoms with Gasteiger partial charge in [-0.3, -0.25) is 4.79 Å². The first-order valence-electron chi connectivity index (χ1n) is 9.29. The number of aromatic nitrogens is 1. The number of halogens is 1. The lowest BCUT2D eigenvalue weighted by molar-refractivity contribution is -0.133. The standard InChI is InChI=1S/C21H22ClN3O2S/c1-14-4-3-5-16(12-14)27-13-19(26)24-8-10-25(11-9-24)21-23-20-15(2)17(22)6-7-18(20)28-21/h3-7,12H,8-11,13H2,1-2H3. The van der Waals surface area contributed by atoms with E-state index in [1.807, 2.05) is 55.1 Å². The second-order valence-electron chi connectivity index (χ2n) is 6.99. The average molecular weight is 416 g/mol. The quantitative estimate of drug-likeness (QED) is 0.637. The number of thiazole rings is 1. The summed E-state index contributed by atoms with van der Waals surface area (Å²) in [7, 11) is 0. The van der Waals surface area contributed by atoms with Crippen molar-refractivity contribution in [2.24, 2.45) is 0 Å². The van der Waals surface area contributed by atoms with Crippen LogP contribution in [-0.2, 0) is 4.79 Å². The SMILES string of the molecule is Cc1cccc(OCC(=O)N2CCN(c3nc4c(C)c(Cl)ccc4s3)CC2)c1. The first kappa shape index (κ1) is 19.0. The van der Waals surface area contributed by atoms with Crippen LogP contribution in [0.4, 0.5) is 5.13 Å². The summed E-state index contributed by atoms with van der Waals surface area (Å²) in [5, 5.41) is 1.73. The van der Waals surface area contributed by atoms with E-state index in [4.69, 9.17) is 21.3 Å². The van der Waals surface area contributed by atoms with Crippen LogP contribution in [0.15, 0.2) is 36.4 Å². The Morgan fingerprint density at radius 3 is 2.71 bits per heavy atom. The molecule has 0 radical (unpaired) electrons. The summed E-state index contributed by atoms with van der Waals surface area (Å²) in [6, 6.07) is 11.7. The number of anilines is 1. The van der Waals surface area contributed by atoms with Gasteiger partial charge in [0.25, 0.3) is 5.91 Å². The Kier molecular flexibility index (Phi) is 5.42. The van der Waals surface area contributed by atoms with E-state index in [1.165, 1.54) is 0 Å². The number of ether oxygens (including phenoxy) is 1. The number of piperazine rings is 1. The van der Waals surface area contributed by atoms with E-state index in [0.717, 1.165) is 50.3 Å². The van der Waals surface area contributed by atoms with Gasteiger partial charge in [-0.05, 0) is 49.2 Å². The lowest BCUT2D eigenvalue weighted by Gasteiger charge is -2.34. The molecule has 0 N–H and O–H groups in total. The summed E-state index contributed by atoms with van der Waals surface area (Å²) in [5.74, 6) is 0.753. The minimum absolute atomic E-state index is 0.0214. The molecule has 1 aromatic heterocycles. The third kappa shape index (κ3) is 3.93. The van der Waals surface area contributed by atoms with Crippen LogP contribution in [0.3, 0.4) is 0 Å². The minimum Gasteiger partial charge on any atom is -0.484 e. The molecule has 0 saturated carbocycles. The summed E-state index contributed by atoms with van der Waals surface area (Å²) in [4.78, 5) is 21.4. The molecule has 2 aromatic carbocycles. The van der Waals surface area contributed by atoms with Crippen LogP contribution < -0.4 is 9.64 Å². The summed E-state index contributed by atoms with van der Waals surface area (Å²) in [6.45, 7) is 6.95. The Bertz CT molecular complexity index is 1010. The number of rotatable bonds is 4. The molecule has 0 aliphatic carbocycles. The molecule has 4 rings (SSSR count). The molecule has 2 heterocycles. The zero-order valence-electron chi connectivity index (χ0n) is 15.9. The molecular weight excluding hydrogens is 394 g/mol. The number of carbonyl (C=O) groups excluding carboxylic acids is 1. The number of aryl methyl sites for hydroxylation is 2. The number of amides is 1. The van der Waals surface area contributed by atoms with Crippen molar-refractivity contribution < 1.29 is 9.53 Å². The Morgan fingerprint density at radius 1 is 1.18 bits per heavy atom. The molecule has 1 fully saturated rings. The fourth-order valence-electron chi connectivity index (χ4n) is 3.31. The molecule has 1 aliphatic rings. The van der Waals surface area contributed by atoms with Crippen LogP contribution in [0.1, 0.15) is 11.1 Å². The minimum atomic E-state index is 0.0214. The van der Waals surface area contributed by atoms with Crippen LogP contribution in [0.5, 0.6) is 5.75 Å². The number of carbonyl (C=O) groups is 1. The zero-order valence-corrected chi connectivity index (χ0v) is 17.5. The normalized spacial score (nSPS) is 14.5. The summed E-state index contributed by atoms with van der Waals surface area (Å²) < 4.78 is 6.79. The second-order valence-corrected chi connectivity index (χ2v) is 8.40. The monoisotopic (exact) mass is 415 g/mol. The first-order chi connectivity index (χ1) is 13.5. The third-order valence-corrected chi connectivity index (χ3v) is 6.48. The highest BCUT2D eigenvalue weighted by atomic mass is 35.5. The largest absolute Gasteiger partial charge is 0.484 e. The van der Waals surface area contributed by atoms with Gasteiger partial charge in [0.15, 0.2) is 11.7 Å². The van der Waals surface area contributed by atoms with Crippen molar-refractivity contribution in [3.05, 3.63) is 52.5 Å². The molecule has 3 aromatic rings. The van der Waals surface area contributed by atoms with Crippen molar-refractivity contribution in [2.45, 2.75) is 13.8 Å². The van der Waals surface area contributed by atoms with Crippen LogP contribution >= 0.6 is 22.9 Å². The van der Waals surface area contributed by atoms with Gasteiger partial charge in [-0.2, -0.15) is 0 Å². The van der Waals surface area contributed by atoms with E-state index in [0.29, 0.717) is 13.1 Å². The lowest BCUT2D eigenvalue weighted by Crippen LogP contribution is -2.50. The maximum atomic E-state index is 12.5. The van der Waals surface area contributed by atoms with Gasteiger partial charge < -0.3 is 14.5 Å². The first-order valence-corrected chi connectivity index (χ1v) is 10.5. The predicted molar refractivity (Wildman–Crippen MR) is 115 cm³/mol. The van der Waals surface area contributed by atoms with Crippen molar-refractivity contribution in [1.82, 2.24) is 9.88 Å². The van der Waals surface area contributed by atoms with Gasteiger partial charge >= 0.3 is 0 Å². The van der Waals surface area contributed by atoms with E-state index in [9.17, 15) is 4.79 Å². The molecule has 1 aliphatic heterocycles. The van der Waals surface area contributed by atoms with Crippen molar-refractivity contribution in [1.29, 1.82) is 0 Å². The fraction of sp³-hybridized carbons (Fsp3) is 0.333. The molecule has 1 saturated heterocycles. The molecule has 5 nitrogen and oxygen atoms in total. The lowest BCUT2D eigenvalue weighted by atomic mass is 10.2. The number of nitrogens with zero attached hydrogens (tertiary/aromatic N) is 3. The molecule has 0 spiro atoms. The molecular formula is C21H22ClN3O2S. The maximum absolute atomic E-state index is 12.5. The van der Waals surface area contributed by atoms with Gasteiger partial charge in [0, 0.05) is 31.2 Å². The van der Waals surface area contributed by atoms with Crippen molar-refractivity contribution in [2.75, 3.05) is 37.7 Å². The zero-order chi connectivity index (χ0) is 19.7. The Labute approximate surface area is 173 Å². The highest BCUT2D eigenvalue weighted by molar-refractivity contribution is 7.22. The maximum Gasteiger partial charge on any atom is 0.260 e. The van der Waals surface area contributed by atoms with Gasteiger partial charge in [-0.15, -0.1) is 0 Å². The van der Waals surface area contributed by atoms with E-state index in [2.05, 4.69) is 4.90 Å². The number of benzene rings is 2. The second kappa shape index (κ2) is 7.97. The van der Waals surface area contributed by atoms with Crippen molar-refractivity contribution >= 4 is 44.2 Å². The molecule has 7 heteroatoms.